The molecule has 3 aromatic rings. The standard InChI is InChI=1S/C20H24ClFN6S/c1-13-8-10-24-27(13)11-5-9-23-20(29)25-19-14(2)26-28(15(19)3)12-16-17(21)6-4-7-18(16)22/h4,6-8,10H,5,9,11-12H2,1-3H3,(H2,23,25,29). The van der Waals surface area contributed by atoms with Gasteiger partial charge in [-0.05, 0) is 57.6 Å². The summed E-state index contributed by atoms with van der Waals surface area (Å²) in [6.45, 7) is 7.64. The second kappa shape index (κ2) is 9.37. The highest BCUT2D eigenvalue weighted by molar-refractivity contribution is 7.80. The first-order valence-electron chi connectivity index (χ1n) is 9.37. The highest BCUT2D eigenvalue weighted by Gasteiger charge is 2.15. The number of benzene rings is 1. The van der Waals surface area contributed by atoms with E-state index >= 15 is 0 Å². The second-order valence-corrected chi connectivity index (χ2v) is 7.65. The van der Waals surface area contributed by atoms with Crippen molar-refractivity contribution in [3.05, 3.63) is 63.9 Å². The lowest BCUT2D eigenvalue weighted by molar-refractivity contribution is 0.561. The molecule has 6 nitrogen and oxygen atoms in total. The molecule has 29 heavy (non-hydrogen) atoms. The van der Waals surface area contributed by atoms with E-state index in [1.54, 1.807) is 23.0 Å². The van der Waals surface area contributed by atoms with Crippen molar-refractivity contribution in [2.45, 2.75) is 40.3 Å². The van der Waals surface area contributed by atoms with Gasteiger partial charge < -0.3 is 10.6 Å². The average Bonchev–Trinajstić information content (AvgIpc) is 3.20. The summed E-state index contributed by atoms with van der Waals surface area (Å²) in [6.07, 6.45) is 2.69. The Labute approximate surface area is 180 Å². The van der Waals surface area contributed by atoms with Crippen LogP contribution < -0.4 is 10.6 Å². The fourth-order valence-corrected chi connectivity index (χ4v) is 3.51. The van der Waals surface area contributed by atoms with Gasteiger partial charge in [0, 0.05) is 35.6 Å². The van der Waals surface area contributed by atoms with Crippen LogP contribution in [0.2, 0.25) is 5.02 Å². The number of nitrogens with zero attached hydrogens (tertiary/aromatic N) is 4. The number of nitrogens with one attached hydrogen (secondary N) is 2. The van der Waals surface area contributed by atoms with Crippen LogP contribution in [-0.2, 0) is 13.1 Å². The molecule has 3 rings (SSSR count). The van der Waals surface area contributed by atoms with Gasteiger partial charge in [0.05, 0.1) is 23.6 Å². The maximum Gasteiger partial charge on any atom is 0.170 e. The minimum absolute atomic E-state index is 0.253. The Balaban J connectivity index is 1.58. The Kier molecular flexibility index (Phi) is 6.87. The van der Waals surface area contributed by atoms with E-state index in [2.05, 4.69) is 20.8 Å². The van der Waals surface area contributed by atoms with Crippen molar-refractivity contribution in [2.75, 3.05) is 11.9 Å². The van der Waals surface area contributed by atoms with E-state index in [9.17, 15) is 4.39 Å². The maximum atomic E-state index is 14.1. The molecule has 0 spiro atoms. The van der Waals surface area contributed by atoms with E-state index in [4.69, 9.17) is 23.8 Å². The summed E-state index contributed by atoms with van der Waals surface area (Å²) in [4.78, 5) is 0. The first-order chi connectivity index (χ1) is 13.9. The lowest BCUT2D eigenvalue weighted by atomic mass is 10.2. The van der Waals surface area contributed by atoms with Gasteiger partial charge in [-0.25, -0.2) is 4.39 Å². The fraction of sp³-hybridized carbons (Fsp3) is 0.350. The van der Waals surface area contributed by atoms with Crippen LogP contribution in [0, 0.1) is 26.6 Å². The van der Waals surface area contributed by atoms with Crippen LogP contribution in [0.25, 0.3) is 0 Å². The number of hydrogen-bond acceptors (Lipinski definition) is 3. The summed E-state index contributed by atoms with van der Waals surface area (Å²) in [5.74, 6) is -0.343. The highest BCUT2D eigenvalue weighted by atomic mass is 35.5. The Bertz CT molecular complexity index is 992. The Hall–Kier alpha value is -2.45. The van der Waals surface area contributed by atoms with Crippen LogP contribution in [0.5, 0.6) is 0 Å². The van der Waals surface area contributed by atoms with Crippen molar-refractivity contribution < 1.29 is 4.39 Å². The maximum absolute atomic E-state index is 14.1. The first-order valence-corrected chi connectivity index (χ1v) is 10.2. The third-order valence-electron chi connectivity index (χ3n) is 4.75. The van der Waals surface area contributed by atoms with Gasteiger partial charge in [0.2, 0.25) is 0 Å². The number of rotatable bonds is 7. The van der Waals surface area contributed by atoms with Crippen LogP contribution in [0.1, 0.15) is 29.1 Å². The van der Waals surface area contributed by atoms with Crippen molar-refractivity contribution in [2.24, 2.45) is 0 Å². The molecule has 0 aliphatic rings. The van der Waals surface area contributed by atoms with Crippen LogP contribution in [-0.4, -0.2) is 31.2 Å². The van der Waals surface area contributed by atoms with Gasteiger partial charge in [0.1, 0.15) is 5.82 Å². The zero-order valence-corrected chi connectivity index (χ0v) is 18.2. The van der Waals surface area contributed by atoms with Gasteiger partial charge >= 0.3 is 0 Å². The van der Waals surface area contributed by atoms with E-state index in [1.807, 2.05) is 31.5 Å². The molecule has 2 N–H and O–H groups in total. The molecule has 2 aromatic heterocycles. The van der Waals surface area contributed by atoms with Gasteiger partial charge in [-0.1, -0.05) is 17.7 Å². The van der Waals surface area contributed by atoms with Crippen LogP contribution >= 0.6 is 23.8 Å². The molecule has 0 fully saturated rings. The Morgan fingerprint density at radius 2 is 2.00 bits per heavy atom. The summed E-state index contributed by atoms with van der Waals surface area (Å²) < 4.78 is 17.8. The summed E-state index contributed by atoms with van der Waals surface area (Å²) in [7, 11) is 0. The summed E-state index contributed by atoms with van der Waals surface area (Å²) in [5.41, 5.74) is 4.02. The number of aromatic nitrogens is 4. The minimum atomic E-state index is -0.343. The lowest BCUT2D eigenvalue weighted by Gasteiger charge is -2.12. The number of thiocarbonyl (C=S) groups is 1. The molecule has 9 heteroatoms. The molecule has 0 radical (unpaired) electrons. The predicted octanol–water partition coefficient (Wildman–Crippen LogP) is 4.22. The molecule has 0 saturated carbocycles. The molecule has 0 saturated heterocycles. The van der Waals surface area contributed by atoms with Crippen molar-refractivity contribution in [3.8, 4) is 0 Å². The second-order valence-electron chi connectivity index (χ2n) is 6.83. The molecular formula is C20H24ClFN6S. The van der Waals surface area contributed by atoms with Crippen molar-refractivity contribution in [3.63, 3.8) is 0 Å². The molecule has 154 valence electrons. The molecule has 2 heterocycles. The Morgan fingerprint density at radius 1 is 1.21 bits per heavy atom. The molecule has 1 aromatic carbocycles. The molecule has 0 bridgehead atoms. The van der Waals surface area contributed by atoms with Crippen LogP contribution in [0.15, 0.2) is 30.5 Å². The fourth-order valence-electron chi connectivity index (χ4n) is 3.09. The Morgan fingerprint density at radius 3 is 2.69 bits per heavy atom. The van der Waals surface area contributed by atoms with Gasteiger partial charge in [-0.2, -0.15) is 10.2 Å². The van der Waals surface area contributed by atoms with Crippen molar-refractivity contribution in [1.29, 1.82) is 0 Å². The molecule has 0 atom stereocenters. The quantitative estimate of drug-likeness (QED) is 0.430. The number of anilines is 1. The van der Waals surface area contributed by atoms with E-state index < -0.39 is 0 Å². The van der Waals surface area contributed by atoms with Gasteiger partial charge in [0.15, 0.2) is 5.11 Å². The average molecular weight is 435 g/mol. The zero-order chi connectivity index (χ0) is 21.0. The number of aryl methyl sites for hydroxylation is 3. The van der Waals surface area contributed by atoms with Crippen LogP contribution in [0.3, 0.4) is 0 Å². The van der Waals surface area contributed by atoms with Crippen molar-refractivity contribution in [1.82, 2.24) is 24.9 Å². The molecule has 0 aliphatic carbocycles. The van der Waals surface area contributed by atoms with Crippen molar-refractivity contribution >= 4 is 34.6 Å². The van der Waals surface area contributed by atoms with E-state index in [0.717, 1.165) is 42.3 Å². The molecular weight excluding hydrogens is 411 g/mol. The summed E-state index contributed by atoms with van der Waals surface area (Å²) in [6, 6.07) is 6.65. The molecule has 0 amide bonds. The number of halogens is 2. The lowest BCUT2D eigenvalue weighted by Crippen LogP contribution is -2.30. The van der Waals surface area contributed by atoms with Gasteiger partial charge in [0.25, 0.3) is 0 Å². The normalized spacial score (nSPS) is 10.9. The first kappa shape index (κ1) is 21.3. The molecule has 0 aliphatic heterocycles. The monoisotopic (exact) mass is 434 g/mol. The topological polar surface area (TPSA) is 59.7 Å². The van der Waals surface area contributed by atoms with E-state index in [1.165, 1.54) is 6.07 Å². The highest BCUT2D eigenvalue weighted by Crippen LogP contribution is 2.24. The molecule has 0 unspecified atom stereocenters. The number of hydrogen-bond donors (Lipinski definition) is 2. The van der Waals surface area contributed by atoms with Crippen LogP contribution in [0.4, 0.5) is 10.1 Å². The van der Waals surface area contributed by atoms with Gasteiger partial charge in [-0.3, -0.25) is 9.36 Å². The largest absolute Gasteiger partial charge is 0.362 e. The van der Waals surface area contributed by atoms with E-state index in [-0.39, 0.29) is 12.4 Å². The third kappa shape index (κ3) is 5.13. The minimum Gasteiger partial charge on any atom is -0.362 e. The summed E-state index contributed by atoms with van der Waals surface area (Å²) >= 11 is 11.6. The van der Waals surface area contributed by atoms with E-state index in [0.29, 0.717) is 15.7 Å². The summed E-state index contributed by atoms with van der Waals surface area (Å²) in [5, 5.41) is 16.1. The zero-order valence-electron chi connectivity index (χ0n) is 16.7. The SMILES string of the molecule is Cc1nn(Cc2c(F)cccc2Cl)c(C)c1NC(=S)NCCCn1nccc1C. The third-order valence-corrected chi connectivity index (χ3v) is 5.35. The van der Waals surface area contributed by atoms with Gasteiger partial charge in [-0.15, -0.1) is 0 Å². The smallest absolute Gasteiger partial charge is 0.170 e. The predicted molar refractivity (Wildman–Crippen MR) is 118 cm³/mol.